The minimum Gasteiger partial charge on any atom is -0.472 e. The fraction of sp³-hybridized carbons (Fsp3) is 0.136. The first kappa shape index (κ1) is 19.7. The lowest BCUT2D eigenvalue weighted by Crippen LogP contribution is -2.45. The predicted octanol–water partition coefficient (Wildman–Crippen LogP) is 3.73. The van der Waals surface area contributed by atoms with E-state index >= 15 is 0 Å². The van der Waals surface area contributed by atoms with Crippen molar-refractivity contribution in [1.82, 2.24) is 4.98 Å². The van der Waals surface area contributed by atoms with Gasteiger partial charge in [0.15, 0.2) is 11.6 Å². The number of nitrogens with zero attached hydrogens (tertiary/aromatic N) is 2. The highest BCUT2D eigenvalue weighted by Gasteiger charge is 2.37. The molecule has 8 heteroatoms. The van der Waals surface area contributed by atoms with E-state index in [2.05, 4.69) is 10.3 Å². The van der Waals surface area contributed by atoms with E-state index in [-0.39, 0.29) is 24.1 Å². The first-order chi connectivity index (χ1) is 14.4. The van der Waals surface area contributed by atoms with Gasteiger partial charge in [-0.25, -0.2) is 4.98 Å². The summed E-state index contributed by atoms with van der Waals surface area (Å²) in [4.78, 5) is 31.5. The first-order valence-electron chi connectivity index (χ1n) is 9.28. The third-order valence-corrected chi connectivity index (χ3v) is 4.95. The van der Waals surface area contributed by atoms with E-state index in [1.165, 1.54) is 4.90 Å². The Bertz CT molecular complexity index is 1120. The summed E-state index contributed by atoms with van der Waals surface area (Å²) in [5.41, 5.74) is 7.92. The van der Waals surface area contributed by atoms with Crippen LogP contribution in [0.2, 0.25) is 5.02 Å². The van der Waals surface area contributed by atoms with Crippen molar-refractivity contribution < 1.29 is 14.3 Å². The molecular formula is C22H19ClN4O3. The van der Waals surface area contributed by atoms with Crippen LogP contribution >= 0.6 is 11.6 Å². The maximum absolute atomic E-state index is 13.2. The lowest BCUT2D eigenvalue weighted by molar-refractivity contribution is -0.128. The van der Waals surface area contributed by atoms with Crippen molar-refractivity contribution in [1.29, 1.82) is 0 Å². The summed E-state index contributed by atoms with van der Waals surface area (Å²) in [5.74, 6) is 0.0537. The Morgan fingerprint density at radius 3 is 2.70 bits per heavy atom. The van der Waals surface area contributed by atoms with Gasteiger partial charge in [0.2, 0.25) is 12.0 Å². The molecule has 1 aromatic heterocycles. The van der Waals surface area contributed by atoms with E-state index in [1.54, 1.807) is 42.5 Å². The number of nitrogens with one attached hydrogen (secondary N) is 1. The van der Waals surface area contributed by atoms with Crippen molar-refractivity contribution in [2.24, 2.45) is 0 Å². The number of aromatic nitrogens is 1. The maximum Gasteiger partial charge on any atom is 0.274 e. The molecule has 2 heterocycles. The number of anilines is 3. The molecule has 3 aromatic rings. The van der Waals surface area contributed by atoms with Gasteiger partial charge in [-0.15, -0.1) is 0 Å². The molecule has 152 valence electrons. The fourth-order valence-corrected chi connectivity index (χ4v) is 3.48. The van der Waals surface area contributed by atoms with Crippen molar-refractivity contribution in [3.63, 3.8) is 0 Å². The monoisotopic (exact) mass is 422 g/mol. The Balaban J connectivity index is 1.63. The number of nitrogen functional groups attached to an aromatic ring is 1. The zero-order valence-corrected chi connectivity index (χ0v) is 16.9. The largest absolute Gasteiger partial charge is 0.472 e. The number of hydrogen-bond donors (Lipinski definition) is 2. The molecule has 0 aliphatic carbocycles. The van der Waals surface area contributed by atoms with E-state index in [9.17, 15) is 9.59 Å². The molecule has 3 N–H and O–H groups in total. The summed E-state index contributed by atoms with van der Waals surface area (Å²) in [6.07, 6.45) is -0.880. The average molecular weight is 423 g/mol. The van der Waals surface area contributed by atoms with Crippen LogP contribution in [-0.2, 0) is 9.59 Å². The lowest BCUT2D eigenvalue weighted by atomic mass is 10.1. The predicted molar refractivity (Wildman–Crippen MR) is 116 cm³/mol. The Labute approximate surface area is 178 Å². The fourth-order valence-electron chi connectivity index (χ4n) is 3.25. The van der Waals surface area contributed by atoms with Crippen LogP contribution < -0.4 is 20.7 Å². The summed E-state index contributed by atoms with van der Waals surface area (Å²) in [6.45, 7) is 1.60. The second-order valence-electron chi connectivity index (χ2n) is 6.90. The number of fused-ring (bicyclic) bond motifs is 1. The number of ether oxygens (including phenoxy) is 1. The van der Waals surface area contributed by atoms with Crippen molar-refractivity contribution in [3.05, 3.63) is 76.8 Å². The van der Waals surface area contributed by atoms with Crippen LogP contribution in [0.3, 0.4) is 0 Å². The minimum atomic E-state index is -0.880. The number of pyridine rings is 1. The van der Waals surface area contributed by atoms with Gasteiger partial charge in [0.05, 0.1) is 0 Å². The van der Waals surface area contributed by atoms with Gasteiger partial charge in [-0.2, -0.15) is 0 Å². The molecule has 0 fully saturated rings. The molecule has 0 saturated heterocycles. The smallest absolute Gasteiger partial charge is 0.274 e. The van der Waals surface area contributed by atoms with E-state index in [1.807, 2.05) is 25.1 Å². The van der Waals surface area contributed by atoms with E-state index < -0.39 is 12.0 Å². The second kappa shape index (κ2) is 8.04. The van der Waals surface area contributed by atoms with Crippen LogP contribution in [0.15, 0.2) is 60.7 Å². The van der Waals surface area contributed by atoms with Gasteiger partial charge in [-0.3, -0.25) is 14.5 Å². The van der Waals surface area contributed by atoms with Crippen molar-refractivity contribution in [3.8, 4) is 5.75 Å². The number of carbonyl (C=O) groups is 2. The molecule has 0 saturated carbocycles. The SMILES string of the molecule is Cc1cc(Cl)ccc1NC(=O)CN1C(=O)C(c2ccccc2)Oc2ccc(N)nc21. The molecule has 30 heavy (non-hydrogen) atoms. The highest BCUT2D eigenvalue weighted by atomic mass is 35.5. The van der Waals surface area contributed by atoms with Gasteiger partial charge < -0.3 is 15.8 Å². The molecule has 0 bridgehead atoms. The van der Waals surface area contributed by atoms with Crippen molar-refractivity contribution in [2.75, 3.05) is 22.5 Å². The summed E-state index contributed by atoms with van der Waals surface area (Å²) in [6, 6.07) is 17.5. The Hall–Kier alpha value is -3.58. The summed E-state index contributed by atoms with van der Waals surface area (Å²) >= 11 is 5.97. The molecule has 1 aliphatic rings. The molecule has 1 aliphatic heterocycles. The molecule has 2 aromatic carbocycles. The molecular weight excluding hydrogens is 404 g/mol. The van der Waals surface area contributed by atoms with Gasteiger partial charge in [0.1, 0.15) is 12.4 Å². The number of amides is 2. The van der Waals surface area contributed by atoms with Crippen LogP contribution in [0.4, 0.5) is 17.3 Å². The number of nitrogens with two attached hydrogens (primary N) is 1. The standard InChI is InChI=1S/C22H19ClN4O3/c1-13-11-15(23)7-8-16(13)25-19(28)12-27-21-17(9-10-18(24)26-21)30-20(22(27)29)14-5-3-2-4-6-14/h2-11,20H,12H2,1H3,(H2,24,26)(H,25,28). The van der Waals surface area contributed by atoms with Gasteiger partial charge in [0, 0.05) is 16.3 Å². The first-order valence-corrected chi connectivity index (χ1v) is 9.65. The number of halogens is 1. The van der Waals surface area contributed by atoms with Crippen molar-refractivity contribution >= 4 is 40.7 Å². The normalized spacial score (nSPS) is 15.3. The Morgan fingerprint density at radius 2 is 1.97 bits per heavy atom. The molecule has 1 atom stereocenters. The summed E-state index contributed by atoms with van der Waals surface area (Å²) in [5, 5.41) is 3.39. The number of carbonyl (C=O) groups excluding carboxylic acids is 2. The quantitative estimate of drug-likeness (QED) is 0.667. The van der Waals surface area contributed by atoms with Gasteiger partial charge in [0.25, 0.3) is 5.91 Å². The van der Waals surface area contributed by atoms with Crippen LogP contribution in [-0.4, -0.2) is 23.3 Å². The molecule has 2 amide bonds. The van der Waals surface area contributed by atoms with E-state index in [0.29, 0.717) is 22.0 Å². The van der Waals surface area contributed by atoms with Crippen LogP contribution in [0, 0.1) is 6.92 Å². The zero-order chi connectivity index (χ0) is 21.3. The van der Waals surface area contributed by atoms with Gasteiger partial charge in [-0.1, -0.05) is 41.9 Å². The Kier molecular flexibility index (Phi) is 5.29. The van der Waals surface area contributed by atoms with E-state index in [4.69, 9.17) is 22.1 Å². The van der Waals surface area contributed by atoms with Crippen LogP contribution in [0.25, 0.3) is 0 Å². The molecule has 0 radical (unpaired) electrons. The number of hydrogen-bond acceptors (Lipinski definition) is 5. The Morgan fingerprint density at radius 1 is 1.20 bits per heavy atom. The average Bonchev–Trinajstić information content (AvgIpc) is 2.73. The molecule has 0 spiro atoms. The molecule has 7 nitrogen and oxygen atoms in total. The highest BCUT2D eigenvalue weighted by molar-refractivity contribution is 6.30. The third kappa shape index (κ3) is 3.92. The molecule has 4 rings (SSSR count). The van der Waals surface area contributed by atoms with Crippen molar-refractivity contribution in [2.45, 2.75) is 13.0 Å². The maximum atomic E-state index is 13.2. The lowest BCUT2D eigenvalue weighted by Gasteiger charge is -2.33. The number of rotatable bonds is 4. The van der Waals surface area contributed by atoms with Gasteiger partial charge >= 0.3 is 0 Å². The topological polar surface area (TPSA) is 97.5 Å². The second-order valence-corrected chi connectivity index (χ2v) is 7.33. The highest BCUT2D eigenvalue weighted by Crippen LogP contribution is 2.38. The number of benzene rings is 2. The summed E-state index contributed by atoms with van der Waals surface area (Å²) in [7, 11) is 0. The van der Waals surface area contributed by atoms with Crippen LogP contribution in [0.1, 0.15) is 17.2 Å². The third-order valence-electron chi connectivity index (χ3n) is 4.72. The molecule has 1 unspecified atom stereocenters. The number of aryl methyl sites for hydroxylation is 1. The zero-order valence-electron chi connectivity index (χ0n) is 16.1. The summed E-state index contributed by atoms with van der Waals surface area (Å²) < 4.78 is 5.89. The minimum absolute atomic E-state index is 0.218. The van der Waals surface area contributed by atoms with Gasteiger partial charge in [-0.05, 0) is 42.8 Å². The van der Waals surface area contributed by atoms with Crippen LogP contribution in [0.5, 0.6) is 5.75 Å². The van der Waals surface area contributed by atoms with E-state index in [0.717, 1.165) is 5.56 Å².